The lowest BCUT2D eigenvalue weighted by molar-refractivity contribution is 0.628. The summed E-state index contributed by atoms with van der Waals surface area (Å²) in [6.07, 6.45) is 6.95. The van der Waals surface area contributed by atoms with E-state index in [-0.39, 0.29) is 5.82 Å². The summed E-state index contributed by atoms with van der Waals surface area (Å²) in [4.78, 5) is 22.4. The van der Waals surface area contributed by atoms with E-state index in [0.29, 0.717) is 34.7 Å². The highest BCUT2D eigenvalue weighted by Crippen LogP contribution is 2.23. The molecular weight excluding hydrogens is 403 g/mol. The smallest absolute Gasteiger partial charge is 0.154 e. The Labute approximate surface area is 184 Å². The number of nitrogens with zero attached hydrogens (tertiary/aromatic N) is 5. The average molecular weight is 422 g/mol. The van der Waals surface area contributed by atoms with Crippen molar-refractivity contribution in [2.45, 2.75) is 13.5 Å². The van der Waals surface area contributed by atoms with Gasteiger partial charge >= 0.3 is 0 Å². The maximum absolute atomic E-state index is 13.6. The zero-order valence-electron chi connectivity index (χ0n) is 17.3. The van der Waals surface area contributed by atoms with Gasteiger partial charge < -0.3 is 5.32 Å². The summed E-state index contributed by atoms with van der Waals surface area (Å²) in [5, 5.41) is 3.32. The van der Waals surface area contributed by atoms with Gasteiger partial charge in [0.2, 0.25) is 0 Å². The molecule has 5 rings (SSSR count). The number of nitrogens with one attached hydrogen (secondary N) is 1. The molecule has 0 saturated carbocycles. The Morgan fingerprint density at radius 2 is 1.69 bits per heavy atom. The van der Waals surface area contributed by atoms with E-state index in [1.165, 1.54) is 12.1 Å². The molecule has 0 aliphatic heterocycles. The van der Waals surface area contributed by atoms with Crippen LogP contribution in [0.15, 0.2) is 79.4 Å². The van der Waals surface area contributed by atoms with Gasteiger partial charge in [-0.2, -0.15) is 0 Å². The van der Waals surface area contributed by atoms with Crippen molar-refractivity contribution in [1.82, 2.24) is 24.9 Å². The monoisotopic (exact) mass is 422 g/mol. The van der Waals surface area contributed by atoms with Crippen molar-refractivity contribution in [2.24, 2.45) is 0 Å². The molecule has 0 amide bonds. The van der Waals surface area contributed by atoms with Crippen molar-refractivity contribution in [1.29, 1.82) is 0 Å². The highest BCUT2D eigenvalue weighted by Gasteiger charge is 2.09. The Hall–Kier alpha value is -4.26. The van der Waals surface area contributed by atoms with Gasteiger partial charge in [-0.1, -0.05) is 18.2 Å². The molecule has 0 atom stereocenters. The van der Waals surface area contributed by atoms with E-state index in [1.54, 1.807) is 30.7 Å². The third kappa shape index (κ3) is 4.13. The molecule has 0 fully saturated rings. The fraction of sp³-hybridized carbons (Fsp3) is 0.0800. The van der Waals surface area contributed by atoms with Crippen LogP contribution in [0, 0.1) is 12.7 Å². The standard InChI is InChI=1S/C25H19FN6/c1-16-11-19(7-9-27-16)21-6-5-17(13-29-21)14-31-25-24-22(8-10-28-25)32-23(15-30-24)18-3-2-4-20(26)12-18/h2-13,15H,14H2,1H3,(H,28,31). The number of halogens is 1. The number of benzene rings is 1. The first-order chi connectivity index (χ1) is 15.7. The molecule has 32 heavy (non-hydrogen) atoms. The lowest BCUT2D eigenvalue weighted by Gasteiger charge is -2.09. The molecule has 0 bridgehead atoms. The maximum atomic E-state index is 13.6. The molecule has 1 N–H and O–H groups in total. The minimum absolute atomic E-state index is 0.305. The summed E-state index contributed by atoms with van der Waals surface area (Å²) in [7, 11) is 0. The number of anilines is 1. The summed E-state index contributed by atoms with van der Waals surface area (Å²) in [5.74, 6) is 0.329. The van der Waals surface area contributed by atoms with Gasteiger partial charge in [0.15, 0.2) is 5.82 Å². The zero-order chi connectivity index (χ0) is 21.9. The van der Waals surface area contributed by atoms with Gasteiger partial charge in [-0.05, 0) is 48.9 Å². The summed E-state index contributed by atoms with van der Waals surface area (Å²) in [5.41, 5.74) is 6.55. The first-order valence-corrected chi connectivity index (χ1v) is 10.2. The number of pyridine rings is 3. The molecule has 0 aliphatic rings. The van der Waals surface area contributed by atoms with E-state index in [2.05, 4.69) is 30.2 Å². The van der Waals surface area contributed by atoms with Gasteiger partial charge in [-0.15, -0.1) is 0 Å². The van der Waals surface area contributed by atoms with E-state index in [4.69, 9.17) is 0 Å². The molecule has 156 valence electrons. The largest absolute Gasteiger partial charge is 0.364 e. The normalized spacial score (nSPS) is 10.9. The molecule has 1 aromatic carbocycles. The third-order valence-electron chi connectivity index (χ3n) is 5.06. The van der Waals surface area contributed by atoms with Crippen LogP contribution in [-0.4, -0.2) is 24.9 Å². The second-order valence-electron chi connectivity index (χ2n) is 7.38. The van der Waals surface area contributed by atoms with Crippen LogP contribution in [0.1, 0.15) is 11.3 Å². The van der Waals surface area contributed by atoms with Crippen LogP contribution >= 0.6 is 0 Å². The molecular formula is C25H19FN6. The van der Waals surface area contributed by atoms with Crippen molar-refractivity contribution >= 4 is 16.9 Å². The highest BCUT2D eigenvalue weighted by atomic mass is 19.1. The van der Waals surface area contributed by atoms with Crippen LogP contribution in [0.2, 0.25) is 0 Å². The third-order valence-corrected chi connectivity index (χ3v) is 5.06. The lowest BCUT2D eigenvalue weighted by atomic mass is 10.1. The molecule has 4 aromatic heterocycles. The topological polar surface area (TPSA) is 76.5 Å². The van der Waals surface area contributed by atoms with Crippen molar-refractivity contribution in [3.63, 3.8) is 0 Å². The van der Waals surface area contributed by atoms with E-state index in [0.717, 1.165) is 22.5 Å². The SMILES string of the molecule is Cc1cc(-c2ccc(CNc3nccc4nc(-c5cccc(F)c5)cnc34)cn2)ccn1. The van der Waals surface area contributed by atoms with E-state index in [1.807, 2.05) is 43.5 Å². The fourth-order valence-electron chi connectivity index (χ4n) is 3.45. The van der Waals surface area contributed by atoms with Gasteiger partial charge in [0.05, 0.1) is 23.1 Å². The molecule has 4 heterocycles. The Morgan fingerprint density at radius 1 is 0.812 bits per heavy atom. The molecule has 6 nitrogen and oxygen atoms in total. The number of hydrogen-bond acceptors (Lipinski definition) is 6. The Balaban J connectivity index is 1.35. The number of rotatable bonds is 5. The van der Waals surface area contributed by atoms with Gasteiger partial charge in [-0.25, -0.2) is 19.3 Å². The predicted molar refractivity (Wildman–Crippen MR) is 122 cm³/mol. The maximum Gasteiger partial charge on any atom is 0.154 e. The van der Waals surface area contributed by atoms with Crippen LogP contribution in [0.25, 0.3) is 33.5 Å². The van der Waals surface area contributed by atoms with E-state index in [9.17, 15) is 4.39 Å². The average Bonchev–Trinajstić information content (AvgIpc) is 2.82. The van der Waals surface area contributed by atoms with E-state index >= 15 is 0 Å². The predicted octanol–water partition coefficient (Wildman–Crippen LogP) is 5.21. The van der Waals surface area contributed by atoms with Crippen LogP contribution in [0.5, 0.6) is 0 Å². The number of hydrogen-bond donors (Lipinski definition) is 1. The fourth-order valence-corrected chi connectivity index (χ4v) is 3.45. The quantitative estimate of drug-likeness (QED) is 0.419. The van der Waals surface area contributed by atoms with Crippen molar-refractivity contribution in [3.05, 3.63) is 96.5 Å². The van der Waals surface area contributed by atoms with Crippen molar-refractivity contribution in [3.8, 4) is 22.5 Å². The number of fused-ring (bicyclic) bond motifs is 1. The molecule has 0 unspecified atom stereocenters. The number of aromatic nitrogens is 5. The Bertz CT molecular complexity index is 1400. The Morgan fingerprint density at radius 3 is 2.50 bits per heavy atom. The minimum atomic E-state index is -0.305. The van der Waals surface area contributed by atoms with Gasteiger partial charge in [0, 0.05) is 42.0 Å². The van der Waals surface area contributed by atoms with Crippen LogP contribution in [-0.2, 0) is 6.54 Å². The number of aryl methyl sites for hydroxylation is 1. The molecule has 0 spiro atoms. The zero-order valence-corrected chi connectivity index (χ0v) is 17.3. The second-order valence-corrected chi connectivity index (χ2v) is 7.38. The molecule has 5 aromatic rings. The van der Waals surface area contributed by atoms with E-state index < -0.39 is 0 Å². The van der Waals surface area contributed by atoms with Gasteiger partial charge in [-0.3, -0.25) is 9.97 Å². The minimum Gasteiger partial charge on any atom is -0.364 e. The van der Waals surface area contributed by atoms with Gasteiger partial charge in [0.1, 0.15) is 11.3 Å². The second kappa shape index (κ2) is 8.47. The van der Waals surface area contributed by atoms with Crippen LogP contribution in [0.4, 0.5) is 10.2 Å². The molecule has 0 saturated heterocycles. The Kier molecular flexibility index (Phi) is 5.21. The van der Waals surface area contributed by atoms with Gasteiger partial charge in [0.25, 0.3) is 0 Å². The molecule has 0 radical (unpaired) electrons. The van der Waals surface area contributed by atoms with Crippen molar-refractivity contribution < 1.29 is 4.39 Å². The summed E-state index contributed by atoms with van der Waals surface area (Å²) in [6.45, 7) is 2.51. The lowest BCUT2D eigenvalue weighted by Crippen LogP contribution is -2.04. The molecule has 0 aliphatic carbocycles. The first-order valence-electron chi connectivity index (χ1n) is 10.2. The molecule has 7 heteroatoms. The van der Waals surface area contributed by atoms with Crippen LogP contribution < -0.4 is 5.32 Å². The summed E-state index contributed by atoms with van der Waals surface area (Å²) >= 11 is 0. The van der Waals surface area contributed by atoms with Crippen molar-refractivity contribution in [2.75, 3.05) is 5.32 Å². The summed E-state index contributed by atoms with van der Waals surface area (Å²) in [6, 6.07) is 16.1. The van der Waals surface area contributed by atoms with Crippen LogP contribution in [0.3, 0.4) is 0 Å². The highest BCUT2D eigenvalue weighted by molar-refractivity contribution is 5.86. The first kappa shape index (κ1) is 19.7. The summed E-state index contributed by atoms with van der Waals surface area (Å²) < 4.78 is 13.6.